The quantitative estimate of drug-likeness (QED) is 0.693. The highest BCUT2D eigenvalue weighted by molar-refractivity contribution is 6.07. The fourth-order valence-electron chi connectivity index (χ4n) is 2.39. The number of carboxylic acid groups (broad SMARTS) is 1. The van der Waals surface area contributed by atoms with E-state index in [0.29, 0.717) is 13.0 Å². The molecule has 21 heavy (non-hydrogen) atoms. The van der Waals surface area contributed by atoms with Gasteiger partial charge in [0.2, 0.25) is 5.91 Å². The van der Waals surface area contributed by atoms with E-state index in [1.807, 2.05) is 0 Å². The monoisotopic (exact) mass is 319 g/mol. The molecule has 1 unspecified atom stereocenters. The summed E-state index contributed by atoms with van der Waals surface area (Å²) in [6, 6.07) is -0.595. The summed E-state index contributed by atoms with van der Waals surface area (Å²) < 4.78 is 0. The van der Waals surface area contributed by atoms with Gasteiger partial charge in [-0.3, -0.25) is 19.7 Å². The molecule has 2 fully saturated rings. The van der Waals surface area contributed by atoms with Crippen molar-refractivity contribution in [2.45, 2.75) is 25.8 Å². The van der Waals surface area contributed by atoms with Gasteiger partial charge in [0.15, 0.2) is 0 Å². The van der Waals surface area contributed by atoms with Crippen LogP contribution >= 0.6 is 12.4 Å². The number of aliphatic carboxylic acids is 1. The van der Waals surface area contributed by atoms with Gasteiger partial charge >= 0.3 is 12.0 Å². The number of carbonyl (C=O) groups excluding carboxylic acids is 3. The molecule has 0 aromatic carbocycles. The topological polar surface area (TPSA) is 107 Å². The zero-order valence-corrected chi connectivity index (χ0v) is 12.6. The lowest BCUT2D eigenvalue weighted by atomic mass is 10.0. The van der Waals surface area contributed by atoms with Crippen molar-refractivity contribution in [3.63, 3.8) is 0 Å². The minimum atomic E-state index is -1.07. The molecule has 2 aliphatic heterocycles. The maximum absolute atomic E-state index is 12.1. The van der Waals surface area contributed by atoms with Gasteiger partial charge in [0.1, 0.15) is 12.1 Å². The Bertz CT molecular complexity index is 493. The normalized spacial score (nSPS) is 23.8. The number of amides is 4. The van der Waals surface area contributed by atoms with Crippen LogP contribution in [-0.2, 0) is 14.4 Å². The predicted molar refractivity (Wildman–Crippen MR) is 73.9 cm³/mol. The zero-order valence-electron chi connectivity index (χ0n) is 11.8. The van der Waals surface area contributed by atoms with E-state index in [2.05, 4.69) is 5.32 Å². The highest BCUT2D eigenvalue weighted by Gasteiger charge is 2.47. The van der Waals surface area contributed by atoms with Gasteiger partial charge in [0.25, 0.3) is 5.91 Å². The number of likely N-dealkylation sites (tertiary alicyclic amines) is 1. The molecule has 0 aromatic rings. The van der Waals surface area contributed by atoms with Crippen molar-refractivity contribution >= 4 is 36.2 Å². The average Bonchev–Trinajstić information content (AvgIpc) is 2.90. The highest BCUT2D eigenvalue weighted by atomic mass is 35.5. The first-order valence-corrected chi connectivity index (χ1v) is 6.37. The van der Waals surface area contributed by atoms with Gasteiger partial charge in [-0.2, -0.15) is 0 Å². The molecule has 0 spiro atoms. The first-order chi connectivity index (χ1) is 9.23. The molecule has 0 radical (unpaired) electrons. The number of carbonyl (C=O) groups is 4. The third kappa shape index (κ3) is 3.10. The highest BCUT2D eigenvalue weighted by Crippen LogP contribution is 2.22. The Hall–Kier alpha value is -1.83. The Morgan fingerprint density at radius 3 is 2.43 bits per heavy atom. The summed E-state index contributed by atoms with van der Waals surface area (Å²) in [5.41, 5.74) is -1.07. The van der Waals surface area contributed by atoms with Gasteiger partial charge in [-0.25, -0.2) is 4.79 Å². The molecule has 0 bridgehead atoms. The van der Waals surface area contributed by atoms with Crippen LogP contribution in [0.3, 0.4) is 0 Å². The van der Waals surface area contributed by atoms with Crippen LogP contribution in [0, 0.1) is 5.92 Å². The third-order valence-electron chi connectivity index (χ3n) is 3.88. The fraction of sp³-hybridized carbons (Fsp3) is 0.667. The molecule has 2 saturated heterocycles. The number of urea groups is 1. The smallest absolute Gasteiger partial charge is 0.325 e. The summed E-state index contributed by atoms with van der Waals surface area (Å²) in [5, 5.41) is 11.1. The van der Waals surface area contributed by atoms with Crippen molar-refractivity contribution in [2.24, 2.45) is 5.92 Å². The number of nitrogens with zero attached hydrogens (tertiary/aromatic N) is 2. The zero-order chi connectivity index (χ0) is 15.1. The van der Waals surface area contributed by atoms with Gasteiger partial charge in [-0.1, -0.05) is 0 Å². The van der Waals surface area contributed by atoms with Gasteiger partial charge in [-0.05, 0) is 20.3 Å². The largest absolute Gasteiger partial charge is 0.481 e. The third-order valence-corrected chi connectivity index (χ3v) is 3.88. The van der Waals surface area contributed by atoms with E-state index in [0.717, 1.165) is 0 Å². The van der Waals surface area contributed by atoms with Crippen molar-refractivity contribution in [2.75, 3.05) is 19.6 Å². The van der Waals surface area contributed by atoms with Crippen molar-refractivity contribution < 1.29 is 24.3 Å². The summed E-state index contributed by atoms with van der Waals surface area (Å²) >= 11 is 0. The van der Waals surface area contributed by atoms with Gasteiger partial charge in [0.05, 0.1) is 5.92 Å². The molecule has 0 aromatic heterocycles. The lowest BCUT2D eigenvalue weighted by Crippen LogP contribution is -2.49. The average molecular weight is 320 g/mol. The molecular weight excluding hydrogens is 302 g/mol. The number of carboxylic acids is 1. The maximum atomic E-state index is 12.1. The SMILES string of the molecule is CC1(C)C(=O)NC(=O)N1CC(=O)N1CCC(C(=O)O)C1.Cl. The second-order valence-corrected chi connectivity index (χ2v) is 5.57. The summed E-state index contributed by atoms with van der Waals surface area (Å²) in [5.74, 6) is -2.26. The van der Waals surface area contributed by atoms with Crippen LogP contribution in [0.2, 0.25) is 0 Å². The van der Waals surface area contributed by atoms with Crippen LogP contribution in [0.15, 0.2) is 0 Å². The molecule has 2 aliphatic rings. The van der Waals surface area contributed by atoms with E-state index < -0.39 is 29.4 Å². The van der Waals surface area contributed by atoms with Crippen LogP contribution in [-0.4, -0.2) is 63.9 Å². The van der Waals surface area contributed by atoms with Gasteiger partial charge in [0, 0.05) is 13.1 Å². The first-order valence-electron chi connectivity index (χ1n) is 6.37. The van der Waals surface area contributed by atoms with Crippen molar-refractivity contribution in [3.8, 4) is 0 Å². The lowest BCUT2D eigenvalue weighted by Gasteiger charge is -2.29. The summed E-state index contributed by atoms with van der Waals surface area (Å²) in [7, 11) is 0. The Morgan fingerprint density at radius 2 is 2.00 bits per heavy atom. The van der Waals surface area contributed by atoms with Crippen LogP contribution in [0.4, 0.5) is 4.79 Å². The molecule has 2 rings (SSSR count). The second-order valence-electron chi connectivity index (χ2n) is 5.57. The van der Waals surface area contributed by atoms with E-state index in [9.17, 15) is 19.2 Å². The Kier molecular flexibility index (Phi) is 4.83. The van der Waals surface area contributed by atoms with Crippen LogP contribution in [0.5, 0.6) is 0 Å². The van der Waals surface area contributed by atoms with Crippen LogP contribution in [0.1, 0.15) is 20.3 Å². The van der Waals surface area contributed by atoms with Crippen LogP contribution < -0.4 is 5.32 Å². The molecule has 0 aliphatic carbocycles. The molecule has 1 atom stereocenters. The summed E-state index contributed by atoms with van der Waals surface area (Å²) in [6.07, 6.45) is 0.412. The van der Waals surface area contributed by atoms with E-state index in [1.54, 1.807) is 13.8 Å². The van der Waals surface area contributed by atoms with Crippen molar-refractivity contribution in [1.82, 2.24) is 15.1 Å². The van der Waals surface area contributed by atoms with E-state index in [4.69, 9.17) is 5.11 Å². The molecule has 4 amide bonds. The standard InChI is InChI=1S/C12H17N3O5.ClH/c1-12(2)10(19)13-11(20)15(12)6-8(16)14-4-3-7(5-14)9(17)18;/h7H,3-6H2,1-2H3,(H,17,18)(H,13,19,20);1H. The molecule has 2 N–H and O–H groups in total. The maximum Gasteiger partial charge on any atom is 0.325 e. The molecule has 9 heteroatoms. The fourth-order valence-corrected chi connectivity index (χ4v) is 2.39. The first kappa shape index (κ1) is 17.2. The van der Waals surface area contributed by atoms with Gasteiger partial charge in [-0.15, -0.1) is 12.4 Å². The number of hydrogen-bond donors (Lipinski definition) is 2. The van der Waals surface area contributed by atoms with E-state index in [-0.39, 0.29) is 31.4 Å². The van der Waals surface area contributed by atoms with E-state index in [1.165, 1.54) is 9.80 Å². The summed E-state index contributed by atoms with van der Waals surface area (Å²) in [6.45, 7) is 3.41. The van der Waals surface area contributed by atoms with Crippen molar-refractivity contribution in [1.29, 1.82) is 0 Å². The Morgan fingerprint density at radius 1 is 1.38 bits per heavy atom. The molecule has 0 saturated carbocycles. The van der Waals surface area contributed by atoms with Crippen molar-refractivity contribution in [3.05, 3.63) is 0 Å². The number of imide groups is 1. The Balaban J connectivity index is 0.00000220. The molecular formula is C12H18ClN3O5. The minimum absolute atomic E-state index is 0. The Labute approximate surface area is 127 Å². The lowest BCUT2D eigenvalue weighted by molar-refractivity contribution is -0.141. The number of rotatable bonds is 3. The number of hydrogen-bond acceptors (Lipinski definition) is 4. The summed E-state index contributed by atoms with van der Waals surface area (Å²) in [4.78, 5) is 48.8. The predicted octanol–water partition coefficient (Wildman–Crippen LogP) is -0.328. The van der Waals surface area contributed by atoms with Gasteiger partial charge < -0.3 is 14.9 Å². The van der Waals surface area contributed by atoms with E-state index >= 15 is 0 Å². The molecule has 2 heterocycles. The second kappa shape index (κ2) is 5.88. The number of halogens is 1. The molecule has 118 valence electrons. The number of nitrogens with one attached hydrogen (secondary N) is 1. The molecule has 8 nitrogen and oxygen atoms in total. The minimum Gasteiger partial charge on any atom is -0.481 e. The van der Waals surface area contributed by atoms with Crippen LogP contribution in [0.25, 0.3) is 0 Å².